The summed E-state index contributed by atoms with van der Waals surface area (Å²) in [5.41, 5.74) is 0.468. The lowest BCUT2D eigenvalue weighted by atomic mass is 10.2. The predicted molar refractivity (Wildman–Crippen MR) is 71.2 cm³/mol. The van der Waals surface area contributed by atoms with Crippen molar-refractivity contribution in [1.82, 2.24) is 9.29 Å². The van der Waals surface area contributed by atoms with Crippen LogP contribution in [0.2, 0.25) is 4.47 Å². The van der Waals surface area contributed by atoms with Crippen LogP contribution in [0.25, 0.3) is 0 Å². The van der Waals surface area contributed by atoms with E-state index in [1.165, 1.54) is 4.31 Å². The summed E-state index contributed by atoms with van der Waals surface area (Å²) >= 11 is 6.75. The Labute approximate surface area is 112 Å². The van der Waals surface area contributed by atoms with E-state index in [4.69, 9.17) is 11.6 Å². The molecule has 0 N–H and O–H groups in total. The molecule has 0 aromatic carbocycles. The number of nitrogens with zero attached hydrogens (tertiary/aromatic N) is 2. The van der Waals surface area contributed by atoms with Crippen LogP contribution in [0.4, 0.5) is 0 Å². The molecule has 0 amide bonds. The summed E-state index contributed by atoms with van der Waals surface area (Å²) in [6.07, 6.45) is 1.78. The highest BCUT2D eigenvalue weighted by Gasteiger charge is 2.29. The Hall–Kier alpha value is -0.170. The molecule has 0 bridgehead atoms. The molecule has 1 unspecified atom stereocenters. The summed E-state index contributed by atoms with van der Waals surface area (Å²) in [5.74, 6) is 0. The zero-order valence-corrected chi connectivity index (χ0v) is 12.8. The summed E-state index contributed by atoms with van der Waals surface area (Å²) in [5, 5.41) is 0. The maximum atomic E-state index is 12.3. The predicted octanol–water partition coefficient (Wildman–Crippen LogP) is 2.91. The van der Waals surface area contributed by atoms with Crippen LogP contribution in [-0.2, 0) is 10.0 Å². The largest absolute Gasteiger partial charge is 0.254 e. The quantitative estimate of drug-likeness (QED) is 0.839. The highest BCUT2D eigenvalue weighted by atomic mass is 35.5. The third-order valence-corrected chi connectivity index (χ3v) is 6.49. The normalized spacial score (nSPS) is 14.2. The second-order valence-electron chi connectivity index (χ2n) is 4.00. The first kappa shape index (κ1) is 14.9. The smallest absolute Gasteiger partial charge is 0.229 e. The van der Waals surface area contributed by atoms with Gasteiger partial charge in [0.1, 0.15) is 0 Å². The molecule has 7 heteroatoms. The molecule has 0 radical (unpaired) electrons. The highest BCUT2D eigenvalue weighted by Crippen LogP contribution is 2.29. The third-order valence-electron chi connectivity index (χ3n) is 2.67. The number of sulfonamides is 1. The number of aromatic nitrogens is 1. The van der Waals surface area contributed by atoms with Gasteiger partial charge in [0.25, 0.3) is 10.0 Å². The van der Waals surface area contributed by atoms with Gasteiger partial charge < -0.3 is 0 Å². The molecule has 1 heterocycles. The van der Waals surface area contributed by atoms with E-state index in [9.17, 15) is 8.42 Å². The Morgan fingerprint density at radius 3 is 2.53 bits per heavy atom. The minimum absolute atomic E-state index is 0.0229. The van der Waals surface area contributed by atoms with Crippen molar-refractivity contribution < 1.29 is 8.42 Å². The lowest BCUT2D eigenvalue weighted by Crippen LogP contribution is -2.34. The van der Waals surface area contributed by atoms with Crippen molar-refractivity contribution >= 4 is 33.0 Å². The first-order chi connectivity index (χ1) is 7.80. The number of hydrogen-bond acceptors (Lipinski definition) is 4. The van der Waals surface area contributed by atoms with E-state index in [1.807, 2.05) is 13.8 Å². The SMILES string of the molecule is CCCC(C)N(C)S(=O)(=O)c1sc(Cl)nc1C. The topological polar surface area (TPSA) is 50.3 Å². The molecule has 0 aliphatic heterocycles. The molecule has 0 saturated heterocycles. The van der Waals surface area contributed by atoms with Crippen LogP contribution in [0.3, 0.4) is 0 Å². The number of rotatable bonds is 5. The van der Waals surface area contributed by atoms with Crippen molar-refractivity contribution in [2.45, 2.75) is 43.9 Å². The maximum Gasteiger partial charge on any atom is 0.254 e. The van der Waals surface area contributed by atoms with E-state index < -0.39 is 10.0 Å². The molecule has 1 aromatic heterocycles. The van der Waals surface area contributed by atoms with Crippen molar-refractivity contribution in [3.63, 3.8) is 0 Å². The highest BCUT2D eigenvalue weighted by molar-refractivity contribution is 7.91. The van der Waals surface area contributed by atoms with Gasteiger partial charge in [0.05, 0.1) is 5.69 Å². The molecule has 0 spiro atoms. The van der Waals surface area contributed by atoms with Gasteiger partial charge in [-0.25, -0.2) is 13.4 Å². The Morgan fingerprint density at radius 2 is 2.12 bits per heavy atom. The molecule has 0 saturated carbocycles. The molecule has 1 rings (SSSR count). The number of hydrogen-bond donors (Lipinski definition) is 0. The number of aryl methyl sites for hydroxylation is 1. The van der Waals surface area contributed by atoms with Gasteiger partial charge in [-0.3, -0.25) is 0 Å². The molecule has 98 valence electrons. The van der Waals surface area contributed by atoms with Crippen LogP contribution in [0, 0.1) is 6.92 Å². The van der Waals surface area contributed by atoms with Crippen molar-refractivity contribution in [2.24, 2.45) is 0 Å². The molecule has 1 aromatic rings. The standard InChI is InChI=1S/C10H17ClN2O2S2/c1-5-6-7(2)13(4)17(14,15)9-8(3)12-10(11)16-9/h7H,5-6H2,1-4H3. The molecule has 0 aliphatic carbocycles. The van der Waals surface area contributed by atoms with Crippen molar-refractivity contribution in [1.29, 1.82) is 0 Å². The zero-order valence-electron chi connectivity index (χ0n) is 10.4. The fraction of sp³-hybridized carbons (Fsp3) is 0.700. The van der Waals surface area contributed by atoms with Gasteiger partial charge in [-0.2, -0.15) is 4.31 Å². The molecule has 17 heavy (non-hydrogen) atoms. The molecule has 1 atom stereocenters. The summed E-state index contributed by atoms with van der Waals surface area (Å²) in [7, 11) is -1.87. The summed E-state index contributed by atoms with van der Waals surface area (Å²) in [6, 6.07) is -0.0229. The Bertz CT molecular complexity index is 484. The lowest BCUT2D eigenvalue weighted by Gasteiger charge is -2.23. The van der Waals surface area contributed by atoms with Crippen LogP contribution in [0.5, 0.6) is 0 Å². The zero-order chi connectivity index (χ0) is 13.2. The van der Waals surface area contributed by atoms with Gasteiger partial charge in [0.2, 0.25) is 0 Å². The van der Waals surface area contributed by atoms with Crippen LogP contribution in [0.15, 0.2) is 4.21 Å². The first-order valence-corrected chi connectivity index (χ1v) is 8.05. The minimum atomic E-state index is -3.47. The van der Waals surface area contributed by atoms with Gasteiger partial charge in [-0.15, -0.1) is 0 Å². The van der Waals surface area contributed by atoms with E-state index in [0.717, 1.165) is 24.2 Å². The van der Waals surface area contributed by atoms with Crippen LogP contribution >= 0.6 is 22.9 Å². The Kier molecular flexibility index (Phi) is 4.95. The average Bonchev–Trinajstić information content (AvgIpc) is 2.57. The Balaban J connectivity index is 3.07. The van der Waals surface area contributed by atoms with Crippen LogP contribution in [0.1, 0.15) is 32.4 Å². The molecule has 4 nitrogen and oxygen atoms in total. The van der Waals surface area contributed by atoms with Gasteiger partial charge in [0.15, 0.2) is 8.68 Å². The van der Waals surface area contributed by atoms with Crippen molar-refractivity contribution in [3.05, 3.63) is 10.2 Å². The van der Waals surface area contributed by atoms with Gasteiger partial charge in [-0.1, -0.05) is 36.3 Å². The average molecular weight is 297 g/mol. The second-order valence-corrected chi connectivity index (χ2v) is 7.77. The van der Waals surface area contributed by atoms with E-state index in [0.29, 0.717) is 5.69 Å². The number of thiazole rings is 1. The summed E-state index contributed by atoms with van der Waals surface area (Å²) in [4.78, 5) is 3.94. The molecular weight excluding hydrogens is 280 g/mol. The van der Waals surface area contributed by atoms with E-state index >= 15 is 0 Å². The fourth-order valence-corrected chi connectivity index (χ4v) is 4.85. The monoisotopic (exact) mass is 296 g/mol. The van der Waals surface area contributed by atoms with Crippen LogP contribution < -0.4 is 0 Å². The van der Waals surface area contributed by atoms with E-state index in [2.05, 4.69) is 4.98 Å². The third kappa shape index (κ3) is 3.19. The maximum absolute atomic E-state index is 12.3. The van der Waals surface area contributed by atoms with Gasteiger partial charge >= 0.3 is 0 Å². The Morgan fingerprint density at radius 1 is 1.53 bits per heavy atom. The molecule has 0 fully saturated rings. The first-order valence-electron chi connectivity index (χ1n) is 5.41. The second kappa shape index (κ2) is 5.65. The van der Waals surface area contributed by atoms with Gasteiger partial charge in [0, 0.05) is 13.1 Å². The molecule has 0 aliphatic rings. The van der Waals surface area contributed by atoms with Crippen molar-refractivity contribution in [2.75, 3.05) is 7.05 Å². The number of halogens is 1. The van der Waals surface area contributed by atoms with E-state index in [1.54, 1.807) is 14.0 Å². The minimum Gasteiger partial charge on any atom is -0.229 e. The lowest BCUT2D eigenvalue weighted by molar-refractivity contribution is 0.369. The summed E-state index contributed by atoms with van der Waals surface area (Å²) < 4.78 is 26.5. The fourth-order valence-electron chi connectivity index (χ4n) is 1.56. The van der Waals surface area contributed by atoms with Gasteiger partial charge in [-0.05, 0) is 20.3 Å². The van der Waals surface area contributed by atoms with E-state index in [-0.39, 0.29) is 14.7 Å². The summed E-state index contributed by atoms with van der Waals surface area (Å²) in [6.45, 7) is 5.60. The van der Waals surface area contributed by atoms with Crippen molar-refractivity contribution in [3.8, 4) is 0 Å². The molecular formula is C10H17ClN2O2S2. The van der Waals surface area contributed by atoms with Crippen LogP contribution in [-0.4, -0.2) is 30.8 Å².